The summed E-state index contributed by atoms with van der Waals surface area (Å²) in [6, 6.07) is 5.44. The van der Waals surface area contributed by atoms with Crippen molar-refractivity contribution in [1.29, 1.82) is 0 Å². The molecule has 1 amide bonds. The molecule has 2 aromatic rings. The van der Waals surface area contributed by atoms with Gasteiger partial charge in [0.05, 0.1) is 24.6 Å². The van der Waals surface area contributed by atoms with Gasteiger partial charge in [0.2, 0.25) is 0 Å². The van der Waals surface area contributed by atoms with E-state index >= 15 is 0 Å². The van der Waals surface area contributed by atoms with Gasteiger partial charge in [0.15, 0.2) is 0 Å². The molecule has 0 saturated heterocycles. The Morgan fingerprint density at radius 2 is 2.25 bits per heavy atom. The van der Waals surface area contributed by atoms with Crippen molar-refractivity contribution in [2.45, 2.75) is 13.5 Å². The molecule has 1 aromatic carbocycles. The smallest absolute Gasteiger partial charge is 0.255 e. The molecule has 0 fully saturated rings. The van der Waals surface area contributed by atoms with Crippen LogP contribution in [-0.2, 0) is 13.6 Å². The van der Waals surface area contributed by atoms with Gasteiger partial charge in [0.25, 0.3) is 5.91 Å². The van der Waals surface area contributed by atoms with E-state index in [1.807, 2.05) is 13.0 Å². The number of nitrogen functional groups attached to an aromatic ring is 1. The molecule has 20 heavy (non-hydrogen) atoms. The fraction of sp³-hybridized carbons (Fsp3) is 0.286. The lowest BCUT2D eigenvalue weighted by atomic mass is 10.1. The standard InChI is InChI=1S/C14H18N4O2/c1-9-11(8-17-18(9)2)14(19)16-7-10-4-5-13(20-3)12(15)6-10/h4-6,8H,7,15H2,1-3H3,(H,16,19). The van der Waals surface area contributed by atoms with Crippen LogP contribution in [0, 0.1) is 6.92 Å². The summed E-state index contributed by atoms with van der Waals surface area (Å²) in [6.45, 7) is 2.26. The highest BCUT2D eigenvalue weighted by atomic mass is 16.5. The van der Waals surface area contributed by atoms with E-state index in [1.165, 1.54) is 0 Å². The number of nitrogens with two attached hydrogens (primary N) is 1. The van der Waals surface area contributed by atoms with Gasteiger partial charge in [0.1, 0.15) is 5.75 Å². The van der Waals surface area contributed by atoms with Crippen LogP contribution in [-0.4, -0.2) is 22.8 Å². The predicted octanol–water partition coefficient (Wildman–Crippen LogP) is 1.25. The lowest BCUT2D eigenvalue weighted by Gasteiger charge is -2.08. The summed E-state index contributed by atoms with van der Waals surface area (Å²) < 4.78 is 6.76. The molecule has 1 heterocycles. The topological polar surface area (TPSA) is 82.2 Å². The fourth-order valence-electron chi connectivity index (χ4n) is 1.89. The van der Waals surface area contributed by atoms with E-state index in [2.05, 4.69) is 10.4 Å². The van der Waals surface area contributed by atoms with Crippen molar-refractivity contribution in [3.63, 3.8) is 0 Å². The van der Waals surface area contributed by atoms with E-state index in [9.17, 15) is 4.79 Å². The van der Waals surface area contributed by atoms with Gasteiger partial charge in [0, 0.05) is 19.3 Å². The number of carbonyl (C=O) groups is 1. The lowest BCUT2D eigenvalue weighted by Crippen LogP contribution is -2.23. The number of benzene rings is 1. The molecule has 6 nitrogen and oxygen atoms in total. The van der Waals surface area contributed by atoms with E-state index in [-0.39, 0.29) is 5.91 Å². The number of nitrogens with zero attached hydrogens (tertiary/aromatic N) is 2. The summed E-state index contributed by atoms with van der Waals surface area (Å²) in [5.41, 5.74) is 8.70. The van der Waals surface area contributed by atoms with Crippen molar-refractivity contribution in [3.8, 4) is 5.75 Å². The average molecular weight is 274 g/mol. The highest BCUT2D eigenvalue weighted by Crippen LogP contribution is 2.21. The number of methoxy groups -OCH3 is 1. The van der Waals surface area contributed by atoms with Crippen LogP contribution in [0.15, 0.2) is 24.4 Å². The zero-order valence-corrected chi connectivity index (χ0v) is 11.8. The molecule has 106 valence electrons. The lowest BCUT2D eigenvalue weighted by molar-refractivity contribution is 0.0950. The summed E-state index contributed by atoms with van der Waals surface area (Å²) in [6.07, 6.45) is 1.56. The largest absolute Gasteiger partial charge is 0.495 e. The van der Waals surface area contributed by atoms with Gasteiger partial charge < -0.3 is 15.8 Å². The maximum Gasteiger partial charge on any atom is 0.255 e. The second-order valence-corrected chi connectivity index (χ2v) is 4.53. The second-order valence-electron chi connectivity index (χ2n) is 4.53. The van der Waals surface area contributed by atoms with E-state index in [1.54, 1.807) is 37.2 Å². The monoisotopic (exact) mass is 274 g/mol. The molecular formula is C14H18N4O2. The molecule has 6 heteroatoms. The van der Waals surface area contributed by atoms with Crippen molar-refractivity contribution < 1.29 is 9.53 Å². The molecule has 3 N–H and O–H groups in total. The Bertz CT molecular complexity index is 634. The molecule has 0 spiro atoms. The normalized spacial score (nSPS) is 10.3. The number of hydrogen-bond acceptors (Lipinski definition) is 4. The van der Waals surface area contributed by atoms with E-state index in [0.29, 0.717) is 23.5 Å². The average Bonchev–Trinajstić information content (AvgIpc) is 2.76. The Kier molecular flexibility index (Phi) is 3.93. The SMILES string of the molecule is COc1ccc(CNC(=O)c2cnn(C)c2C)cc1N. The Balaban J connectivity index is 2.03. The van der Waals surface area contributed by atoms with Gasteiger partial charge in [-0.15, -0.1) is 0 Å². The molecule has 0 atom stereocenters. The number of hydrogen-bond donors (Lipinski definition) is 2. The summed E-state index contributed by atoms with van der Waals surface area (Å²) in [4.78, 5) is 12.0. The van der Waals surface area contributed by atoms with Crippen LogP contribution in [0.25, 0.3) is 0 Å². The van der Waals surface area contributed by atoms with Crippen LogP contribution in [0.1, 0.15) is 21.6 Å². The van der Waals surface area contributed by atoms with Gasteiger partial charge in [-0.2, -0.15) is 5.10 Å². The summed E-state index contributed by atoms with van der Waals surface area (Å²) >= 11 is 0. The number of amides is 1. The molecule has 2 rings (SSSR count). The Hall–Kier alpha value is -2.50. The number of nitrogens with one attached hydrogen (secondary N) is 1. The van der Waals surface area contributed by atoms with Crippen molar-refractivity contribution in [1.82, 2.24) is 15.1 Å². The molecule has 0 aliphatic carbocycles. The van der Waals surface area contributed by atoms with E-state index < -0.39 is 0 Å². The molecule has 0 unspecified atom stereocenters. The van der Waals surface area contributed by atoms with Gasteiger partial charge in [-0.25, -0.2) is 0 Å². The summed E-state index contributed by atoms with van der Waals surface area (Å²) in [5.74, 6) is 0.480. The maximum atomic E-state index is 12.0. The van der Waals surface area contributed by atoms with Crippen molar-refractivity contribution in [2.75, 3.05) is 12.8 Å². The van der Waals surface area contributed by atoms with Crippen molar-refractivity contribution in [2.24, 2.45) is 7.05 Å². The van der Waals surface area contributed by atoms with Crippen LogP contribution in [0.2, 0.25) is 0 Å². The molecule has 0 radical (unpaired) electrons. The number of ether oxygens (including phenoxy) is 1. The maximum absolute atomic E-state index is 12.0. The Morgan fingerprint density at radius 1 is 1.50 bits per heavy atom. The number of aryl methyl sites for hydroxylation is 1. The fourth-order valence-corrected chi connectivity index (χ4v) is 1.89. The first kappa shape index (κ1) is 13.9. The van der Waals surface area contributed by atoms with Crippen molar-refractivity contribution >= 4 is 11.6 Å². The third-order valence-electron chi connectivity index (χ3n) is 3.23. The third kappa shape index (κ3) is 2.74. The van der Waals surface area contributed by atoms with E-state index in [0.717, 1.165) is 11.3 Å². The van der Waals surface area contributed by atoms with Crippen LogP contribution >= 0.6 is 0 Å². The molecule has 0 aliphatic rings. The van der Waals surface area contributed by atoms with Crippen molar-refractivity contribution in [3.05, 3.63) is 41.2 Å². The van der Waals surface area contributed by atoms with Gasteiger partial charge >= 0.3 is 0 Å². The third-order valence-corrected chi connectivity index (χ3v) is 3.23. The first-order valence-electron chi connectivity index (χ1n) is 6.22. The first-order valence-corrected chi connectivity index (χ1v) is 6.22. The molecule has 1 aromatic heterocycles. The summed E-state index contributed by atoms with van der Waals surface area (Å²) in [5, 5.41) is 6.89. The molecular weight excluding hydrogens is 256 g/mol. The van der Waals surface area contributed by atoms with Gasteiger partial charge in [-0.3, -0.25) is 9.48 Å². The quantitative estimate of drug-likeness (QED) is 0.822. The van der Waals surface area contributed by atoms with Crippen LogP contribution in [0.5, 0.6) is 5.75 Å². The highest BCUT2D eigenvalue weighted by Gasteiger charge is 2.12. The van der Waals surface area contributed by atoms with Crippen LogP contribution in [0.3, 0.4) is 0 Å². The predicted molar refractivity (Wildman–Crippen MR) is 76.5 cm³/mol. The minimum absolute atomic E-state index is 0.148. The van der Waals surface area contributed by atoms with Crippen LogP contribution in [0.4, 0.5) is 5.69 Å². The van der Waals surface area contributed by atoms with Gasteiger partial charge in [-0.05, 0) is 24.6 Å². The zero-order valence-electron chi connectivity index (χ0n) is 11.8. The molecule has 0 aliphatic heterocycles. The number of rotatable bonds is 4. The minimum atomic E-state index is -0.148. The minimum Gasteiger partial charge on any atom is -0.495 e. The number of aromatic nitrogens is 2. The van der Waals surface area contributed by atoms with Gasteiger partial charge in [-0.1, -0.05) is 6.07 Å². The summed E-state index contributed by atoms with van der Waals surface area (Å²) in [7, 11) is 3.37. The number of carbonyl (C=O) groups excluding carboxylic acids is 1. The zero-order chi connectivity index (χ0) is 14.7. The Labute approximate surface area is 117 Å². The van der Waals surface area contributed by atoms with E-state index in [4.69, 9.17) is 10.5 Å². The highest BCUT2D eigenvalue weighted by molar-refractivity contribution is 5.94. The van der Waals surface area contributed by atoms with Crippen LogP contribution < -0.4 is 15.8 Å². The first-order chi connectivity index (χ1) is 9.52. The second kappa shape index (κ2) is 5.64. The molecule has 0 bridgehead atoms. The Morgan fingerprint density at radius 3 is 2.80 bits per heavy atom. The number of anilines is 1. The molecule has 0 saturated carbocycles.